The second-order valence-corrected chi connectivity index (χ2v) is 5.74. The number of rotatable bonds is 4. The molecule has 2 rings (SSSR count). The van der Waals surface area contributed by atoms with E-state index < -0.39 is 0 Å². The van der Waals surface area contributed by atoms with E-state index in [2.05, 4.69) is 20.9 Å². The number of hydrogen-bond acceptors (Lipinski definition) is 4. The van der Waals surface area contributed by atoms with E-state index in [4.69, 9.17) is 10.5 Å². The van der Waals surface area contributed by atoms with Gasteiger partial charge in [-0.2, -0.15) is 0 Å². The molecule has 0 saturated carbocycles. The molecule has 4 nitrogen and oxygen atoms in total. The maximum atomic E-state index is 12.5. The third-order valence-corrected chi connectivity index (χ3v) is 4.06. The van der Waals surface area contributed by atoms with Gasteiger partial charge in [0.15, 0.2) is 5.78 Å². The summed E-state index contributed by atoms with van der Waals surface area (Å²) in [6.45, 7) is 3.84. The van der Waals surface area contributed by atoms with Gasteiger partial charge < -0.3 is 10.5 Å². The molecule has 1 aromatic carbocycles. The number of nitrogens with zero attached hydrogens (tertiary/aromatic N) is 1. The van der Waals surface area contributed by atoms with Crippen LogP contribution < -0.4 is 10.5 Å². The molecule has 2 aromatic rings. The Bertz CT molecular complexity index is 699. The van der Waals surface area contributed by atoms with Crippen LogP contribution in [0.4, 0.5) is 5.69 Å². The standard InChI is InChI=1S/C16H17BrN2O2/c1-9-8-19-14(10(2)16(9)21-3)7-15(20)12-6-11(18)4-5-13(12)17/h4-6,8H,7,18H2,1-3H3. The van der Waals surface area contributed by atoms with Gasteiger partial charge in [-0.3, -0.25) is 9.78 Å². The van der Waals surface area contributed by atoms with E-state index in [0.717, 1.165) is 27.0 Å². The molecule has 2 N–H and O–H groups in total. The van der Waals surface area contributed by atoms with Crippen molar-refractivity contribution in [2.45, 2.75) is 20.3 Å². The van der Waals surface area contributed by atoms with Crippen LogP contribution in [0.25, 0.3) is 0 Å². The second kappa shape index (κ2) is 6.26. The van der Waals surface area contributed by atoms with E-state index in [1.807, 2.05) is 13.8 Å². The average molecular weight is 349 g/mol. The minimum atomic E-state index is -0.0318. The van der Waals surface area contributed by atoms with E-state index in [1.54, 1.807) is 31.5 Å². The third-order valence-electron chi connectivity index (χ3n) is 3.37. The number of anilines is 1. The summed E-state index contributed by atoms with van der Waals surface area (Å²) < 4.78 is 6.10. The SMILES string of the molecule is COc1c(C)cnc(CC(=O)c2cc(N)ccc2Br)c1C. The molecule has 0 unspecified atom stereocenters. The van der Waals surface area contributed by atoms with Crippen LogP contribution in [0.2, 0.25) is 0 Å². The first-order valence-electron chi connectivity index (χ1n) is 6.51. The maximum Gasteiger partial charge on any atom is 0.170 e. The minimum absolute atomic E-state index is 0.0318. The van der Waals surface area contributed by atoms with Gasteiger partial charge in [-0.15, -0.1) is 0 Å². The lowest BCUT2D eigenvalue weighted by Gasteiger charge is -2.12. The molecule has 5 heteroatoms. The fraction of sp³-hybridized carbons (Fsp3) is 0.250. The number of halogens is 1. The molecule has 0 bridgehead atoms. The van der Waals surface area contributed by atoms with E-state index in [9.17, 15) is 4.79 Å². The van der Waals surface area contributed by atoms with Crippen LogP contribution >= 0.6 is 15.9 Å². The lowest BCUT2D eigenvalue weighted by molar-refractivity contribution is 0.0991. The Morgan fingerprint density at radius 2 is 2.10 bits per heavy atom. The molecule has 21 heavy (non-hydrogen) atoms. The predicted octanol–water partition coefficient (Wildman–Crippen LogP) is 3.48. The predicted molar refractivity (Wildman–Crippen MR) is 86.9 cm³/mol. The summed E-state index contributed by atoms with van der Waals surface area (Å²) in [5.41, 5.74) is 9.44. The van der Waals surface area contributed by atoms with Crippen LogP contribution in [-0.4, -0.2) is 17.9 Å². The molecule has 1 heterocycles. The Kier molecular flexibility index (Phi) is 4.63. The average Bonchev–Trinajstić information content (AvgIpc) is 2.45. The van der Waals surface area contributed by atoms with Crippen LogP contribution in [0.3, 0.4) is 0 Å². The number of pyridine rings is 1. The number of nitrogens with two attached hydrogens (primary N) is 1. The van der Waals surface area contributed by atoms with Gasteiger partial charge in [-0.05, 0) is 32.0 Å². The number of carbonyl (C=O) groups is 1. The first-order chi connectivity index (χ1) is 9.93. The van der Waals surface area contributed by atoms with Crippen molar-refractivity contribution in [3.8, 4) is 5.75 Å². The van der Waals surface area contributed by atoms with Gasteiger partial charge in [0, 0.05) is 33.0 Å². The summed E-state index contributed by atoms with van der Waals surface area (Å²) in [7, 11) is 1.62. The molecule has 0 aliphatic heterocycles. The van der Waals surface area contributed by atoms with Crippen molar-refractivity contribution >= 4 is 27.4 Å². The molecule has 0 saturated heterocycles. The van der Waals surface area contributed by atoms with E-state index >= 15 is 0 Å². The molecule has 1 aromatic heterocycles. The summed E-state index contributed by atoms with van der Waals surface area (Å²) in [5.74, 6) is 0.745. The molecular weight excluding hydrogens is 332 g/mol. The molecule has 0 aliphatic rings. The van der Waals surface area contributed by atoms with Gasteiger partial charge in [0.1, 0.15) is 5.75 Å². The first kappa shape index (κ1) is 15.5. The normalized spacial score (nSPS) is 10.5. The van der Waals surface area contributed by atoms with Crippen molar-refractivity contribution in [1.82, 2.24) is 4.98 Å². The van der Waals surface area contributed by atoms with Gasteiger partial charge in [0.25, 0.3) is 0 Å². The van der Waals surface area contributed by atoms with E-state index in [0.29, 0.717) is 11.3 Å². The molecule has 0 radical (unpaired) electrons. The zero-order valence-electron chi connectivity index (χ0n) is 12.2. The summed E-state index contributed by atoms with van der Waals surface area (Å²) >= 11 is 3.38. The van der Waals surface area contributed by atoms with E-state index in [1.165, 1.54) is 0 Å². The van der Waals surface area contributed by atoms with E-state index in [-0.39, 0.29) is 12.2 Å². The van der Waals surface area contributed by atoms with Gasteiger partial charge in [0.2, 0.25) is 0 Å². The Balaban J connectivity index is 2.34. The number of hydrogen-bond donors (Lipinski definition) is 1. The molecule has 0 amide bonds. The highest BCUT2D eigenvalue weighted by atomic mass is 79.9. The molecule has 0 aliphatic carbocycles. The smallest absolute Gasteiger partial charge is 0.170 e. The highest BCUT2D eigenvalue weighted by molar-refractivity contribution is 9.10. The second-order valence-electron chi connectivity index (χ2n) is 4.89. The molecule has 0 fully saturated rings. The Labute approximate surface area is 132 Å². The number of aromatic nitrogens is 1. The highest BCUT2D eigenvalue weighted by Gasteiger charge is 2.16. The summed E-state index contributed by atoms with van der Waals surface area (Å²) in [6.07, 6.45) is 1.94. The first-order valence-corrected chi connectivity index (χ1v) is 7.30. The molecule has 0 spiro atoms. The van der Waals surface area contributed by atoms with Gasteiger partial charge >= 0.3 is 0 Å². The number of benzene rings is 1. The van der Waals surface area contributed by atoms with Crippen molar-refractivity contribution in [2.24, 2.45) is 0 Å². The fourth-order valence-corrected chi connectivity index (χ4v) is 2.72. The lowest BCUT2D eigenvalue weighted by Crippen LogP contribution is -2.09. The number of methoxy groups -OCH3 is 1. The lowest BCUT2D eigenvalue weighted by atomic mass is 10.0. The van der Waals surface area contributed by atoms with Crippen LogP contribution in [-0.2, 0) is 6.42 Å². The molecular formula is C16H17BrN2O2. The van der Waals surface area contributed by atoms with Gasteiger partial charge in [-0.1, -0.05) is 15.9 Å². The Hall–Kier alpha value is -1.88. The Morgan fingerprint density at radius 3 is 2.76 bits per heavy atom. The zero-order chi connectivity index (χ0) is 15.6. The number of Topliss-reactive ketones (excluding diaryl/α,β-unsaturated/α-hetero) is 1. The number of ether oxygens (including phenoxy) is 1. The van der Waals surface area contributed by atoms with Crippen LogP contribution in [0.1, 0.15) is 27.2 Å². The zero-order valence-corrected chi connectivity index (χ0v) is 13.8. The number of aryl methyl sites for hydroxylation is 1. The number of carbonyl (C=O) groups excluding carboxylic acids is 1. The number of ketones is 1. The summed E-state index contributed by atoms with van der Waals surface area (Å²) in [5, 5.41) is 0. The van der Waals surface area contributed by atoms with Crippen molar-refractivity contribution in [1.29, 1.82) is 0 Å². The van der Waals surface area contributed by atoms with Gasteiger partial charge in [0.05, 0.1) is 19.2 Å². The minimum Gasteiger partial charge on any atom is -0.496 e. The number of nitrogen functional groups attached to an aromatic ring is 1. The third kappa shape index (κ3) is 3.24. The fourth-order valence-electron chi connectivity index (χ4n) is 2.25. The summed E-state index contributed by atoms with van der Waals surface area (Å²) in [6, 6.07) is 5.20. The Morgan fingerprint density at radius 1 is 1.38 bits per heavy atom. The van der Waals surface area contributed by atoms with Crippen molar-refractivity contribution < 1.29 is 9.53 Å². The van der Waals surface area contributed by atoms with Crippen molar-refractivity contribution in [3.63, 3.8) is 0 Å². The summed E-state index contributed by atoms with van der Waals surface area (Å²) in [4.78, 5) is 16.8. The largest absolute Gasteiger partial charge is 0.496 e. The quantitative estimate of drug-likeness (QED) is 0.678. The van der Waals surface area contributed by atoms with Crippen LogP contribution in [0.5, 0.6) is 5.75 Å². The van der Waals surface area contributed by atoms with Crippen molar-refractivity contribution in [3.05, 3.63) is 51.3 Å². The van der Waals surface area contributed by atoms with Gasteiger partial charge in [-0.25, -0.2) is 0 Å². The topological polar surface area (TPSA) is 65.2 Å². The van der Waals surface area contributed by atoms with Crippen molar-refractivity contribution in [2.75, 3.05) is 12.8 Å². The maximum absolute atomic E-state index is 12.5. The highest BCUT2D eigenvalue weighted by Crippen LogP contribution is 2.26. The monoisotopic (exact) mass is 348 g/mol. The van der Waals surface area contributed by atoms with Crippen LogP contribution in [0.15, 0.2) is 28.9 Å². The molecule has 0 atom stereocenters. The molecule has 110 valence electrons. The van der Waals surface area contributed by atoms with Crippen LogP contribution in [0, 0.1) is 13.8 Å².